The first-order valence-electron chi connectivity index (χ1n) is 11.9. The summed E-state index contributed by atoms with van der Waals surface area (Å²) in [4.78, 5) is 32.0. The van der Waals surface area contributed by atoms with Crippen LogP contribution in [0.25, 0.3) is 0 Å². The van der Waals surface area contributed by atoms with Crippen LogP contribution in [0.5, 0.6) is 0 Å². The number of carbonyl (C=O) groups excluding carboxylic acids is 1. The highest BCUT2D eigenvalue weighted by atomic mass is 32.1. The molecule has 3 aliphatic rings. The average Bonchev–Trinajstić information content (AvgIpc) is 3.30. The molecule has 6 heteroatoms. The van der Waals surface area contributed by atoms with Gasteiger partial charge in [0.15, 0.2) is 0 Å². The summed E-state index contributed by atoms with van der Waals surface area (Å²) in [5.74, 6) is 0.977. The van der Waals surface area contributed by atoms with Crippen LogP contribution in [0.1, 0.15) is 60.6 Å². The molecular formula is C25H33N3O2S. The Kier molecular flexibility index (Phi) is 6.28. The van der Waals surface area contributed by atoms with Crippen molar-refractivity contribution in [1.29, 1.82) is 0 Å². The number of aromatic nitrogens is 1. The largest absolute Gasteiger partial charge is 0.342 e. The third kappa shape index (κ3) is 4.65. The number of hydrogen-bond donors (Lipinski definition) is 0. The number of nitrogens with zero attached hydrogens (tertiary/aromatic N) is 3. The maximum absolute atomic E-state index is 13.2. The fourth-order valence-electron chi connectivity index (χ4n) is 5.70. The second kappa shape index (κ2) is 9.29. The molecule has 2 aromatic heterocycles. The molecular weight excluding hydrogens is 406 g/mol. The number of thiophene rings is 1. The van der Waals surface area contributed by atoms with E-state index in [-0.39, 0.29) is 11.5 Å². The van der Waals surface area contributed by atoms with E-state index in [4.69, 9.17) is 0 Å². The van der Waals surface area contributed by atoms with Gasteiger partial charge in [0.1, 0.15) is 0 Å². The van der Waals surface area contributed by atoms with Crippen LogP contribution >= 0.6 is 11.3 Å². The molecule has 5 nitrogen and oxygen atoms in total. The summed E-state index contributed by atoms with van der Waals surface area (Å²) in [6.07, 6.45) is 7.43. The fraction of sp³-hybridized carbons (Fsp3) is 0.600. The Balaban J connectivity index is 1.24. The number of carbonyl (C=O) groups is 1. The Morgan fingerprint density at radius 1 is 1.06 bits per heavy atom. The summed E-state index contributed by atoms with van der Waals surface area (Å²) >= 11 is 1.77. The summed E-state index contributed by atoms with van der Waals surface area (Å²) in [6.45, 7) is 5.32. The van der Waals surface area contributed by atoms with Crippen molar-refractivity contribution in [1.82, 2.24) is 14.4 Å². The lowest BCUT2D eigenvalue weighted by Gasteiger charge is -2.43. The predicted octanol–water partition coefficient (Wildman–Crippen LogP) is 3.86. The second-order valence-corrected chi connectivity index (χ2v) is 10.6. The van der Waals surface area contributed by atoms with E-state index in [1.807, 2.05) is 4.57 Å². The van der Waals surface area contributed by atoms with Crippen LogP contribution in [-0.2, 0) is 24.3 Å². The maximum Gasteiger partial charge on any atom is 0.255 e. The van der Waals surface area contributed by atoms with Crippen molar-refractivity contribution in [2.24, 2.45) is 5.92 Å². The highest BCUT2D eigenvalue weighted by Crippen LogP contribution is 2.35. The topological polar surface area (TPSA) is 45.6 Å². The van der Waals surface area contributed by atoms with Gasteiger partial charge in [0.05, 0.1) is 0 Å². The summed E-state index contributed by atoms with van der Waals surface area (Å²) in [7, 11) is 0. The number of amides is 1. The van der Waals surface area contributed by atoms with Crippen LogP contribution < -0.4 is 5.56 Å². The average molecular weight is 440 g/mol. The Morgan fingerprint density at radius 3 is 2.74 bits per heavy atom. The van der Waals surface area contributed by atoms with Crippen LogP contribution in [0.3, 0.4) is 0 Å². The molecule has 0 saturated carbocycles. The van der Waals surface area contributed by atoms with Crippen LogP contribution in [0, 0.1) is 5.92 Å². The number of likely N-dealkylation sites (tertiary alicyclic amines) is 2. The van der Waals surface area contributed by atoms with Crippen molar-refractivity contribution in [3.8, 4) is 0 Å². The number of pyridine rings is 1. The summed E-state index contributed by atoms with van der Waals surface area (Å²) in [5.41, 5.74) is 2.28. The molecule has 1 amide bonds. The number of hydrogen-bond acceptors (Lipinski definition) is 4. The van der Waals surface area contributed by atoms with Crippen molar-refractivity contribution in [3.05, 3.63) is 56.1 Å². The van der Waals surface area contributed by atoms with Crippen molar-refractivity contribution in [2.75, 3.05) is 26.2 Å². The smallest absolute Gasteiger partial charge is 0.255 e. The standard InChI is InChI=1S/C25H33N3O2S/c29-24(8-4-6-22-7-5-13-31-22)27-15-19-14-21(18-27)23-10-9-20(25(30)28(23)16-19)17-26-11-2-1-3-12-26/h5,7,9-10,13,19,21H,1-4,6,8,11-12,14-18H2/t19-,21+/m0/s1. The quantitative estimate of drug-likeness (QED) is 0.687. The third-order valence-corrected chi connectivity index (χ3v) is 8.21. The molecule has 2 aromatic rings. The van der Waals surface area contributed by atoms with E-state index in [0.717, 1.165) is 69.8 Å². The van der Waals surface area contributed by atoms with Crippen LogP contribution in [0.4, 0.5) is 0 Å². The first-order chi connectivity index (χ1) is 15.2. The lowest BCUT2D eigenvalue weighted by atomic mass is 9.82. The predicted molar refractivity (Wildman–Crippen MR) is 125 cm³/mol. The highest BCUT2D eigenvalue weighted by molar-refractivity contribution is 7.09. The Hall–Kier alpha value is -1.92. The normalized spacial score (nSPS) is 23.5. The summed E-state index contributed by atoms with van der Waals surface area (Å²) < 4.78 is 2.04. The Bertz CT molecular complexity index is 962. The van der Waals surface area contributed by atoms with Crippen molar-refractivity contribution in [2.45, 2.75) is 64.0 Å². The van der Waals surface area contributed by atoms with Crippen molar-refractivity contribution in [3.63, 3.8) is 0 Å². The molecule has 0 aliphatic carbocycles. The van der Waals surface area contributed by atoms with Gasteiger partial charge in [-0.1, -0.05) is 18.6 Å². The van der Waals surface area contributed by atoms with E-state index in [1.54, 1.807) is 11.3 Å². The first kappa shape index (κ1) is 21.0. The van der Waals surface area contributed by atoms with Gasteiger partial charge < -0.3 is 9.47 Å². The molecule has 2 fully saturated rings. The zero-order chi connectivity index (χ0) is 21.2. The molecule has 0 N–H and O–H groups in total. The van der Waals surface area contributed by atoms with Gasteiger partial charge in [-0.3, -0.25) is 14.5 Å². The Morgan fingerprint density at radius 2 is 1.94 bits per heavy atom. The highest BCUT2D eigenvalue weighted by Gasteiger charge is 2.36. The lowest BCUT2D eigenvalue weighted by Crippen LogP contribution is -2.49. The van der Waals surface area contributed by atoms with Gasteiger partial charge >= 0.3 is 0 Å². The number of rotatable bonds is 6. The maximum atomic E-state index is 13.2. The third-order valence-electron chi connectivity index (χ3n) is 7.27. The van der Waals surface area contributed by atoms with Gasteiger partial charge in [0, 0.05) is 54.7 Å². The molecule has 166 valence electrons. The zero-order valence-corrected chi connectivity index (χ0v) is 19.1. The molecule has 2 bridgehead atoms. The van der Waals surface area contributed by atoms with E-state index in [0.29, 0.717) is 18.3 Å². The second-order valence-electron chi connectivity index (χ2n) is 9.57. The van der Waals surface area contributed by atoms with Crippen molar-refractivity contribution < 1.29 is 4.79 Å². The van der Waals surface area contributed by atoms with Gasteiger partial charge in [-0.25, -0.2) is 0 Å². The van der Waals surface area contributed by atoms with Gasteiger partial charge in [0.2, 0.25) is 5.91 Å². The van der Waals surface area contributed by atoms with Crippen LogP contribution in [0.15, 0.2) is 34.4 Å². The first-order valence-corrected chi connectivity index (χ1v) is 12.8. The fourth-order valence-corrected chi connectivity index (χ4v) is 6.45. The number of fused-ring (bicyclic) bond motifs is 4. The molecule has 5 heterocycles. The zero-order valence-electron chi connectivity index (χ0n) is 18.3. The van der Waals surface area contributed by atoms with E-state index in [2.05, 4.69) is 39.4 Å². The van der Waals surface area contributed by atoms with Gasteiger partial charge in [-0.2, -0.15) is 0 Å². The molecule has 2 saturated heterocycles. The summed E-state index contributed by atoms with van der Waals surface area (Å²) in [6, 6.07) is 8.46. The lowest BCUT2D eigenvalue weighted by molar-refractivity contribution is -0.134. The van der Waals surface area contributed by atoms with E-state index >= 15 is 0 Å². The SMILES string of the molecule is O=C(CCCc1cccs1)N1C[C@@H]2C[C@H](C1)c1ccc(CN3CCCCC3)c(=O)n1C2. The van der Waals surface area contributed by atoms with Crippen LogP contribution in [0.2, 0.25) is 0 Å². The minimum absolute atomic E-state index is 0.202. The van der Waals surface area contributed by atoms with E-state index < -0.39 is 0 Å². The molecule has 0 aromatic carbocycles. The molecule has 0 radical (unpaired) electrons. The molecule has 3 aliphatic heterocycles. The minimum atomic E-state index is 0.202. The molecule has 0 spiro atoms. The van der Waals surface area contributed by atoms with E-state index in [9.17, 15) is 9.59 Å². The van der Waals surface area contributed by atoms with Crippen molar-refractivity contribution >= 4 is 17.2 Å². The Labute approximate surface area is 188 Å². The minimum Gasteiger partial charge on any atom is -0.342 e. The monoisotopic (exact) mass is 439 g/mol. The van der Waals surface area contributed by atoms with Gasteiger partial charge in [-0.15, -0.1) is 11.3 Å². The molecule has 5 rings (SSSR count). The van der Waals surface area contributed by atoms with Gasteiger partial charge in [0.25, 0.3) is 5.56 Å². The van der Waals surface area contributed by atoms with E-state index in [1.165, 1.54) is 24.1 Å². The molecule has 0 unspecified atom stereocenters. The van der Waals surface area contributed by atoms with Gasteiger partial charge in [-0.05, 0) is 68.6 Å². The number of piperidine rings is 2. The summed E-state index contributed by atoms with van der Waals surface area (Å²) in [5, 5.41) is 2.10. The van der Waals surface area contributed by atoms with Crippen LogP contribution in [-0.4, -0.2) is 46.5 Å². The number of aryl methyl sites for hydroxylation is 1. The molecule has 2 atom stereocenters. The molecule has 31 heavy (non-hydrogen) atoms.